The van der Waals surface area contributed by atoms with Gasteiger partial charge < -0.3 is 15.2 Å². The van der Waals surface area contributed by atoms with Crippen LogP contribution in [0, 0.1) is 25.5 Å². The molecule has 21 heteroatoms. The van der Waals surface area contributed by atoms with Crippen molar-refractivity contribution in [3.05, 3.63) is 163 Å². The van der Waals surface area contributed by atoms with Crippen molar-refractivity contribution in [1.82, 2.24) is 9.97 Å². The summed E-state index contributed by atoms with van der Waals surface area (Å²) < 4.78 is 87.8. The highest BCUT2D eigenvalue weighted by Gasteiger charge is 2.26. The topological polar surface area (TPSA) is 185 Å². The highest BCUT2D eigenvalue weighted by Crippen LogP contribution is 2.31. The second-order valence-electron chi connectivity index (χ2n) is 12.3. The van der Waals surface area contributed by atoms with Gasteiger partial charge in [0.05, 0.1) is 45.4 Å². The summed E-state index contributed by atoms with van der Waals surface area (Å²) in [6, 6.07) is 19.0. The Kier molecular flexibility index (Phi) is 16.5. The number of carbonyl (C=O) groups is 2. The van der Waals surface area contributed by atoms with Crippen LogP contribution < -0.4 is 19.9 Å². The van der Waals surface area contributed by atoms with Crippen LogP contribution in [-0.4, -0.2) is 52.6 Å². The number of methoxy groups -OCH3 is 2. The molecule has 0 unspecified atom stereocenters. The molecular weight excluding hydrogens is 944 g/mol. The van der Waals surface area contributed by atoms with E-state index in [0.717, 1.165) is 12.3 Å². The number of nitrogen functional groups attached to an aromatic ring is 1. The molecule has 12 nitrogen and oxygen atoms in total. The Morgan fingerprint density at radius 1 is 0.656 bits per heavy atom. The van der Waals surface area contributed by atoms with Crippen LogP contribution in [0.2, 0.25) is 20.1 Å². The maximum Gasteiger partial charge on any atom is 0.261 e. The van der Waals surface area contributed by atoms with Crippen LogP contribution >= 0.6 is 57.1 Å². The van der Waals surface area contributed by atoms with Crippen molar-refractivity contribution >= 4 is 99.1 Å². The Balaban J connectivity index is 0.000000224. The molecule has 3 N–H and O–H groups in total. The summed E-state index contributed by atoms with van der Waals surface area (Å²) in [5.74, 6) is -2.94. The van der Waals surface area contributed by atoms with Gasteiger partial charge in [0.2, 0.25) is 11.6 Å². The minimum Gasteiger partial charge on any atom is -0.496 e. The molecular formula is C40H31Cl5F2N4O8S2. The number of ether oxygens (including phenoxy) is 2. The summed E-state index contributed by atoms with van der Waals surface area (Å²) >= 11 is 23.3. The molecule has 2 heterocycles. The Hall–Kier alpha value is -5.07. The number of halogens is 7. The maximum atomic E-state index is 14.4. The minimum atomic E-state index is -4.12. The summed E-state index contributed by atoms with van der Waals surface area (Å²) in [5.41, 5.74) is 5.82. The smallest absolute Gasteiger partial charge is 0.261 e. The Bertz CT molecular complexity index is 2870. The zero-order chi connectivity index (χ0) is 45.4. The average Bonchev–Trinajstić information content (AvgIpc) is 3.19. The van der Waals surface area contributed by atoms with Gasteiger partial charge in [-0.1, -0.05) is 58.5 Å². The molecule has 0 spiro atoms. The lowest BCUT2D eigenvalue weighted by molar-refractivity contribution is 0.102. The van der Waals surface area contributed by atoms with Crippen LogP contribution in [0.15, 0.2) is 107 Å². The van der Waals surface area contributed by atoms with Crippen LogP contribution in [0.25, 0.3) is 0 Å². The van der Waals surface area contributed by atoms with Gasteiger partial charge in [0.15, 0.2) is 0 Å². The predicted molar refractivity (Wildman–Crippen MR) is 232 cm³/mol. The number of ketones is 2. The van der Waals surface area contributed by atoms with E-state index in [-0.39, 0.29) is 60.2 Å². The molecule has 61 heavy (non-hydrogen) atoms. The van der Waals surface area contributed by atoms with Crippen molar-refractivity contribution in [3.63, 3.8) is 0 Å². The zero-order valence-electron chi connectivity index (χ0n) is 31.9. The molecule has 0 fully saturated rings. The SMILES string of the molecule is COc1cccc(F)c1C(=O)c1ncc(Cl)cc1N.COc1cccc(F)c1C(=O)c1ncc(Cl)cc1NS(=O)(=O)c1ccc(Cl)c(C)c1.Cc1cc(S(=O)(=O)Cl)ccc1Cl. The standard InChI is InChI=1S/C20H15Cl2FN2O4S.C13H10ClFN2O2.C7H6Cl2O2S/c1-11-8-13(6-7-14(11)22)30(27,28)25-16-9-12(21)10-24-19(16)20(26)18-15(23)4-3-5-17(18)29-2;1-19-10-4-2-3-8(15)11(10)13(18)12-9(16)5-7(14)6-17-12;1-5-4-6(12(9,10)11)2-3-7(5)8/h3-10,25H,1-2H3;2-6H,16H2,1H3;2-4H,1H3. The number of hydrogen-bond acceptors (Lipinski definition) is 11. The van der Waals surface area contributed by atoms with E-state index in [9.17, 15) is 35.2 Å². The first kappa shape index (κ1) is 48.6. The zero-order valence-corrected chi connectivity index (χ0v) is 37.4. The molecule has 0 aliphatic heterocycles. The summed E-state index contributed by atoms with van der Waals surface area (Å²) in [6.07, 6.45) is 2.44. The van der Waals surface area contributed by atoms with E-state index in [4.69, 9.17) is 72.3 Å². The van der Waals surface area contributed by atoms with Crippen molar-refractivity contribution in [2.75, 3.05) is 24.7 Å². The van der Waals surface area contributed by atoms with Crippen molar-refractivity contribution < 1.29 is 44.7 Å². The van der Waals surface area contributed by atoms with Gasteiger partial charge >= 0.3 is 0 Å². The number of nitrogens with two attached hydrogens (primary N) is 1. The van der Waals surface area contributed by atoms with Crippen LogP contribution in [0.1, 0.15) is 43.2 Å². The molecule has 0 aliphatic rings. The van der Waals surface area contributed by atoms with Gasteiger partial charge in [-0.25, -0.2) is 35.6 Å². The number of hydrogen-bond donors (Lipinski definition) is 2. The molecule has 0 bridgehead atoms. The molecule has 6 rings (SSSR count). The largest absolute Gasteiger partial charge is 0.496 e. The fourth-order valence-electron chi connectivity index (χ4n) is 5.13. The molecule has 0 amide bonds. The molecule has 0 aliphatic carbocycles. The molecule has 0 radical (unpaired) electrons. The number of benzene rings is 4. The van der Waals surface area contributed by atoms with Crippen LogP contribution in [0.5, 0.6) is 11.5 Å². The van der Waals surface area contributed by atoms with Crippen LogP contribution in [0.4, 0.5) is 20.2 Å². The highest BCUT2D eigenvalue weighted by molar-refractivity contribution is 8.13. The normalized spacial score (nSPS) is 11.0. The Labute approximate surface area is 374 Å². The molecule has 320 valence electrons. The monoisotopic (exact) mass is 972 g/mol. The number of carbonyl (C=O) groups excluding carboxylic acids is 2. The number of rotatable bonds is 10. The summed E-state index contributed by atoms with van der Waals surface area (Å²) in [5, 5.41) is 1.31. The van der Waals surface area contributed by atoms with Crippen LogP contribution in [-0.2, 0) is 19.1 Å². The first-order valence-corrected chi connectivity index (χ1v) is 22.2. The minimum absolute atomic E-state index is 0.0149. The first-order valence-electron chi connectivity index (χ1n) is 16.9. The average molecular weight is 975 g/mol. The third kappa shape index (κ3) is 12.3. The van der Waals surface area contributed by atoms with Gasteiger partial charge in [-0.3, -0.25) is 14.3 Å². The predicted octanol–water partition coefficient (Wildman–Crippen LogP) is 10.1. The maximum absolute atomic E-state index is 14.4. The molecule has 0 saturated carbocycles. The second kappa shape index (κ2) is 20.7. The molecule has 4 aromatic carbocycles. The van der Waals surface area contributed by atoms with E-state index in [1.54, 1.807) is 13.8 Å². The van der Waals surface area contributed by atoms with Crippen molar-refractivity contribution in [2.24, 2.45) is 0 Å². The van der Waals surface area contributed by atoms with Crippen molar-refractivity contribution in [2.45, 2.75) is 23.6 Å². The highest BCUT2D eigenvalue weighted by atomic mass is 35.7. The van der Waals surface area contributed by atoms with Gasteiger partial charge in [-0.2, -0.15) is 0 Å². The molecule has 0 atom stereocenters. The van der Waals surface area contributed by atoms with E-state index < -0.39 is 42.3 Å². The van der Waals surface area contributed by atoms with Gasteiger partial charge in [0, 0.05) is 33.1 Å². The van der Waals surface area contributed by atoms with E-state index in [1.807, 2.05) is 0 Å². The first-order chi connectivity index (χ1) is 28.6. The van der Waals surface area contributed by atoms with Gasteiger partial charge in [-0.05, 0) is 97.8 Å². The summed E-state index contributed by atoms with van der Waals surface area (Å²) in [6.45, 7) is 3.37. The van der Waals surface area contributed by atoms with E-state index in [1.165, 1.54) is 99.3 Å². The lowest BCUT2D eigenvalue weighted by Crippen LogP contribution is -2.18. The van der Waals surface area contributed by atoms with E-state index in [2.05, 4.69) is 14.7 Å². The molecule has 6 aromatic rings. The van der Waals surface area contributed by atoms with Crippen molar-refractivity contribution in [1.29, 1.82) is 0 Å². The molecule has 0 saturated heterocycles. The number of sulfonamides is 1. The number of aryl methyl sites for hydroxylation is 2. The number of nitrogens with zero attached hydrogens (tertiary/aromatic N) is 2. The van der Waals surface area contributed by atoms with E-state index in [0.29, 0.717) is 26.2 Å². The molecule has 2 aromatic heterocycles. The third-order valence-corrected chi connectivity index (χ3v) is 12.1. The van der Waals surface area contributed by atoms with E-state index >= 15 is 0 Å². The number of nitrogens with one attached hydrogen (secondary N) is 1. The van der Waals surface area contributed by atoms with Gasteiger partial charge in [0.1, 0.15) is 45.6 Å². The second-order valence-corrected chi connectivity index (χ2v) is 18.2. The van der Waals surface area contributed by atoms with Crippen LogP contribution in [0.3, 0.4) is 0 Å². The lowest BCUT2D eigenvalue weighted by atomic mass is 10.0. The lowest BCUT2D eigenvalue weighted by Gasteiger charge is -2.14. The van der Waals surface area contributed by atoms with Crippen molar-refractivity contribution in [3.8, 4) is 11.5 Å². The Morgan fingerprint density at radius 2 is 1.10 bits per heavy atom. The summed E-state index contributed by atoms with van der Waals surface area (Å²) in [4.78, 5) is 33.1. The quantitative estimate of drug-likeness (QED) is 0.0983. The van der Waals surface area contributed by atoms with Gasteiger partial charge in [-0.15, -0.1) is 0 Å². The third-order valence-electron chi connectivity index (χ3n) is 8.11. The Morgan fingerprint density at radius 3 is 1.56 bits per heavy atom. The fraction of sp³-hybridized carbons (Fsp3) is 0.100. The van der Waals surface area contributed by atoms with Gasteiger partial charge in [0.25, 0.3) is 19.1 Å². The number of aromatic nitrogens is 2. The number of anilines is 2. The number of pyridine rings is 2. The fourth-order valence-corrected chi connectivity index (χ4v) is 7.66. The summed E-state index contributed by atoms with van der Waals surface area (Å²) in [7, 11) is 0.00207.